The van der Waals surface area contributed by atoms with Crippen LogP contribution < -0.4 is 5.32 Å². The normalized spacial score (nSPS) is 9.38. The van der Waals surface area contributed by atoms with Gasteiger partial charge in [0.1, 0.15) is 11.6 Å². The van der Waals surface area contributed by atoms with Crippen molar-refractivity contribution in [2.45, 2.75) is 13.8 Å². The van der Waals surface area contributed by atoms with Gasteiger partial charge >= 0.3 is 0 Å². The number of carbonyl (C=O) groups is 1. The summed E-state index contributed by atoms with van der Waals surface area (Å²) in [4.78, 5) is 19.0. The highest BCUT2D eigenvalue weighted by molar-refractivity contribution is 5.98. The number of carbonyl (C=O) groups excluding carboxylic acids is 1. The second-order valence-corrected chi connectivity index (χ2v) is 2.64. The average molecular weight is 177 g/mol. The van der Waals surface area contributed by atoms with Crippen molar-refractivity contribution >= 4 is 11.7 Å². The van der Waals surface area contributed by atoms with Crippen LogP contribution >= 0.6 is 0 Å². The fourth-order valence-electron chi connectivity index (χ4n) is 0.958. The van der Waals surface area contributed by atoms with Crippen molar-refractivity contribution in [3.8, 4) is 0 Å². The molecule has 4 nitrogen and oxygen atoms in total. The van der Waals surface area contributed by atoms with E-state index in [2.05, 4.69) is 21.9 Å². The molecule has 13 heavy (non-hydrogen) atoms. The molecule has 0 bridgehead atoms. The first kappa shape index (κ1) is 9.38. The molecule has 0 radical (unpaired) electrons. The molecule has 4 heteroatoms. The molecule has 0 unspecified atom stereocenters. The minimum Gasteiger partial charge on any atom is -0.307 e. The number of nitrogens with one attached hydrogen (secondary N) is 1. The molecule has 1 amide bonds. The quantitative estimate of drug-likeness (QED) is 0.691. The Morgan fingerprint density at radius 3 is 2.77 bits per heavy atom. The van der Waals surface area contributed by atoms with E-state index < -0.39 is 0 Å². The van der Waals surface area contributed by atoms with Crippen LogP contribution in [0, 0.1) is 13.8 Å². The molecule has 0 aliphatic carbocycles. The Labute approximate surface area is 76.7 Å². The van der Waals surface area contributed by atoms with Crippen molar-refractivity contribution in [1.29, 1.82) is 0 Å². The van der Waals surface area contributed by atoms with Crippen LogP contribution in [-0.4, -0.2) is 15.9 Å². The third-order valence-corrected chi connectivity index (χ3v) is 1.40. The first-order valence-electron chi connectivity index (χ1n) is 3.87. The Kier molecular flexibility index (Phi) is 2.74. The summed E-state index contributed by atoms with van der Waals surface area (Å²) in [7, 11) is 0. The fraction of sp³-hybridized carbons (Fsp3) is 0.222. The molecular formula is C9H11N3O. The van der Waals surface area contributed by atoms with E-state index in [0.717, 1.165) is 5.69 Å². The van der Waals surface area contributed by atoms with Crippen LogP contribution in [0.25, 0.3) is 0 Å². The van der Waals surface area contributed by atoms with Crippen LogP contribution in [0.4, 0.5) is 5.82 Å². The van der Waals surface area contributed by atoms with E-state index in [1.54, 1.807) is 13.0 Å². The standard InChI is InChI=1S/C9H11N3O/c1-4-9(13)12-8-5-6(2)10-7(3)11-8/h4-5H,1H2,2-3H3,(H,10,11,12,13). The molecule has 0 spiro atoms. The monoisotopic (exact) mass is 177 g/mol. The van der Waals surface area contributed by atoms with E-state index in [-0.39, 0.29) is 5.91 Å². The second kappa shape index (κ2) is 3.80. The van der Waals surface area contributed by atoms with Crippen molar-refractivity contribution in [2.24, 2.45) is 0 Å². The van der Waals surface area contributed by atoms with Gasteiger partial charge in [0.05, 0.1) is 0 Å². The Bertz CT molecular complexity index is 326. The topological polar surface area (TPSA) is 54.9 Å². The molecule has 1 rings (SSSR count). The molecule has 1 heterocycles. The van der Waals surface area contributed by atoms with Crippen molar-refractivity contribution in [3.63, 3.8) is 0 Å². The third-order valence-electron chi connectivity index (χ3n) is 1.40. The molecular weight excluding hydrogens is 166 g/mol. The van der Waals surface area contributed by atoms with Crippen LogP contribution in [0.1, 0.15) is 11.5 Å². The maximum Gasteiger partial charge on any atom is 0.248 e. The third kappa shape index (κ3) is 2.66. The van der Waals surface area contributed by atoms with Gasteiger partial charge in [0.15, 0.2) is 0 Å². The predicted octanol–water partition coefficient (Wildman–Crippen LogP) is 1.22. The van der Waals surface area contributed by atoms with E-state index in [1.807, 2.05) is 6.92 Å². The number of aryl methyl sites for hydroxylation is 2. The first-order valence-corrected chi connectivity index (χ1v) is 3.87. The molecule has 0 aliphatic heterocycles. The van der Waals surface area contributed by atoms with Gasteiger partial charge in [-0.15, -0.1) is 0 Å². The lowest BCUT2D eigenvalue weighted by Crippen LogP contribution is -2.10. The summed E-state index contributed by atoms with van der Waals surface area (Å²) in [6, 6.07) is 1.70. The predicted molar refractivity (Wildman–Crippen MR) is 50.3 cm³/mol. The van der Waals surface area contributed by atoms with Crippen molar-refractivity contribution in [3.05, 3.63) is 30.2 Å². The summed E-state index contributed by atoms with van der Waals surface area (Å²) in [5.74, 6) is 0.881. The largest absolute Gasteiger partial charge is 0.307 e. The molecule has 1 aromatic rings. The summed E-state index contributed by atoms with van der Waals surface area (Å²) in [5.41, 5.74) is 0.826. The maximum atomic E-state index is 10.9. The summed E-state index contributed by atoms with van der Waals surface area (Å²) in [6.45, 7) is 6.97. The van der Waals surface area contributed by atoms with Crippen molar-refractivity contribution in [2.75, 3.05) is 5.32 Å². The van der Waals surface area contributed by atoms with Gasteiger partial charge < -0.3 is 5.32 Å². The van der Waals surface area contributed by atoms with E-state index in [0.29, 0.717) is 11.6 Å². The maximum absolute atomic E-state index is 10.9. The van der Waals surface area contributed by atoms with Gasteiger partial charge in [0.2, 0.25) is 5.91 Å². The van der Waals surface area contributed by atoms with Gasteiger partial charge in [-0.25, -0.2) is 9.97 Å². The molecule has 68 valence electrons. The fourth-order valence-corrected chi connectivity index (χ4v) is 0.958. The minimum atomic E-state index is -0.266. The molecule has 0 saturated heterocycles. The zero-order valence-corrected chi connectivity index (χ0v) is 7.66. The molecule has 0 aliphatic rings. The van der Waals surface area contributed by atoms with Gasteiger partial charge in [-0.1, -0.05) is 6.58 Å². The van der Waals surface area contributed by atoms with E-state index in [4.69, 9.17) is 0 Å². The zero-order valence-electron chi connectivity index (χ0n) is 7.66. The van der Waals surface area contributed by atoms with Gasteiger partial charge in [0, 0.05) is 11.8 Å². The molecule has 1 N–H and O–H groups in total. The highest BCUT2D eigenvalue weighted by atomic mass is 16.1. The number of amides is 1. The van der Waals surface area contributed by atoms with Crippen LogP contribution in [-0.2, 0) is 4.79 Å². The number of anilines is 1. The average Bonchev–Trinajstić information content (AvgIpc) is 2.02. The smallest absolute Gasteiger partial charge is 0.248 e. The number of nitrogens with zero attached hydrogens (tertiary/aromatic N) is 2. The molecule has 0 fully saturated rings. The van der Waals surface area contributed by atoms with E-state index >= 15 is 0 Å². The Morgan fingerprint density at radius 1 is 1.54 bits per heavy atom. The zero-order chi connectivity index (χ0) is 9.84. The molecule has 0 saturated carbocycles. The highest BCUT2D eigenvalue weighted by Crippen LogP contribution is 2.04. The number of hydrogen-bond donors (Lipinski definition) is 1. The minimum absolute atomic E-state index is 0.266. The summed E-state index contributed by atoms with van der Waals surface area (Å²) in [5, 5.41) is 2.57. The number of aromatic nitrogens is 2. The SMILES string of the molecule is C=CC(=O)Nc1cc(C)nc(C)n1. The Morgan fingerprint density at radius 2 is 2.23 bits per heavy atom. The lowest BCUT2D eigenvalue weighted by atomic mass is 10.4. The van der Waals surface area contributed by atoms with Gasteiger partial charge in [-0.05, 0) is 19.9 Å². The summed E-state index contributed by atoms with van der Waals surface area (Å²) in [6.07, 6.45) is 1.20. The van der Waals surface area contributed by atoms with Gasteiger partial charge in [-0.2, -0.15) is 0 Å². The second-order valence-electron chi connectivity index (χ2n) is 2.64. The number of rotatable bonds is 2. The van der Waals surface area contributed by atoms with E-state index in [9.17, 15) is 4.79 Å². The highest BCUT2D eigenvalue weighted by Gasteiger charge is 2.00. The lowest BCUT2D eigenvalue weighted by Gasteiger charge is -2.02. The van der Waals surface area contributed by atoms with Crippen LogP contribution in [0.5, 0.6) is 0 Å². The molecule has 0 aromatic carbocycles. The summed E-state index contributed by atoms with van der Waals surface area (Å²) < 4.78 is 0. The van der Waals surface area contributed by atoms with Gasteiger partial charge in [-0.3, -0.25) is 4.79 Å². The molecule has 1 aromatic heterocycles. The van der Waals surface area contributed by atoms with Gasteiger partial charge in [0.25, 0.3) is 0 Å². The van der Waals surface area contributed by atoms with Crippen LogP contribution in [0.2, 0.25) is 0 Å². The van der Waals surface area contributed by atoms with Crippen molar-refractivity contribution in [1.82, 2.24) is 9.97 Å². The van der Waals surface area contributed by atoms with Crippen LogP contribution in [0.15, 0.2) is 18.7 Å². The van der Waals surface area contributed by atoms with Crippen molar-refractivity contribution < 1.29 is 4.79 Å². The number of hydrogen-bond acceptors (Lipinski definition) is 3. The molecule has 0 atom stereocenters. The van der Waals surface area contributed by atoms with Crippen LogP contribution in [0.3, 0.4) is 0 Å². The lowest BCUT2D eigenvalue weighted by molar-refractivity contribution is -0.111. The Hall–Kier alpha value is -1.71. The Balaban J connectivity index is 2.89. The van der Waals surface area contributed by atoms with E-state index in [1.165, 1.54) is 6.08 Å². The first-order chi connectivity index (χ1) is 6.11. The summed E-state index contributed by atoms with van der Waals surface area (Å²) >= 11 is 0.